The van der Waals surface area contributed by atoms with E-state index in [1.807, 2.05) is 0 Å². The van der Waals surface area contributed by atoms with Crippen molar-refractivity contribution in [2.24, 2.45) is 17.3 Å². The first-order valence-electron chi connectivity index (χ1n) is 5.04. The second-order valence-corrected chi connectivity index (χ2v) is 6.29. The summed E-state index contributed by atoms with van der Waals surface area (Å²) in [6, 6.07) is 0. The first-order valence-corrected chi connectivity index (χ1v) is 6.28. The Bertz CT molecular complexity index is 264. The molecule has 72 valence electrons. The standard InChI is InChI=1S/C10H13IO2/c11-8-4-7-3-6(8)5-10(7)1-2-13-9(10)12/h6-8H,1-5H2. The second kappa shape index (κ2) is 2.61. The van der Waals surface area contributed by atoms with Gasteiger partial charge in [0.2, 0.25) is 0 Å². The van der Waals surface area contributed by atoms with E-state index >= 15 is 0 Å². The summed E-state index contributed by atoms with van der Waals surface area (Å²) in [5, 5.41) is 0. The van der Waals surface area contributed by atoms with Gasteiger partial charge >= 0.3 is 5.97 Å². The number of carbonyl (C=O) groups is 1. The molecule has 1 heterocycles. The molecule has 2 bridgehead atoms. The van der Waals surface area contributed by atoms with E-state index in [0.717, 1.165) is 22.7 Å². The predicted molar refractivity (Wildman–Crippen MR) is 56.6 cm³/mol. The topological polar surface area (TPSA) is 26.3 Å². The van der Waals surface area contributed by atoms with Gasteiger partial charge in [-0.2, -0.15) is 0 Å². The lowest BCUT2D eigenvalue weighted by Crippen LogP contribution is -2.34. The van der Waals surface area contributed by atoms with E-state index < -0.39 is 0 Å². The molecule has 0 aromatic rings. The lowest BCUT2D eigenvalue weighted by atomic mass is 9.72. The van der Waals surface area contributed by atoms with Crippen molar-refractivity contribution in [3.63, 3.8) is 0 Å². The highest BCUT2D eigenvalue weighted by Gasteiger charge is 2.60. The minimum absolute atomic E-state index is 0.0215. The zero-order chi connectivity index (χ0) is 9.05. The fourth-order valence-electron chi connectivity index (χ4n) is 3.50. The van der Waals surface area contributed by atoms with Gasteiger partial charge in [-0.15, -0.1) is 0 Å². The quantitative estimate of drug-likeness (QED) is 0.388. The van der Waals surface area contributed by atoms with Crippen LogP contribution in [0.25, 0.3) is 0 Å². The summed E-state index contributed by atoms with van der Waals surface area (Å²) in [4.78, 5) is 11.7. The largest absolute Gasteiger partial charge is 0.465 e. The maximum absolute atomic E-state index is 11.7. The third-order valence-corrected chi connectivity index (χ3v) is 5.73. The van der Waals surface area contributed by atoms with Crippen molar-refractivity contribution in [2.45, 2.75) is 29.6 Å². The Balaban J connectivity index is 1.92. The van der Waals surface area contributed by atoms with Gasteiger partial charge in [-0.05, 0) is 37.5 Å². The third-order valence-electron chi connectivity index (χ3n) is 4.20. The highest BCUT2D eigenvalue weighted by atomic mass is 127. The van der Waals surface area contributed by atoms with Crippen molar-refractivity contribution in [2.75, 3.05) is 6.61 Å². The Hall–Kier alpha value is 0.200. The molecule has 0 aromatic carbocycles. The fraction of sp³-hybridized carbons (Fsp3) is 0.900. The van der Waals surface area contributed by atoms with Crippen molar-refractivity contribution in [3.05, 3.63) is 0 Å². The molecule has 4 unspecified atom stereocenters. The highest BCUT2D eigenvalue weighted by Crippen LogP contribution is 2.61. The summed E-state index contributed by atoms with van der Waals surface area (Å²) < 4.78 is 5.96. The molecular weight excluding hydrogens is 279 g/mol. The van der Waals surface area contributed by atoms with Gasteiger partial charge in [0.15, 0.2) is 0 Å². The molecule has 0 radical (unpaired) electrons. The van der Waals surface area contributed by atoms with Crippen LogP contribution < -0.4 is 0 Å². The van der Waals surface area contributed by atoms with Crippen LogP contribution >= 0.6 is 22.6 Å². The molecule has 13 heavy (non-hydrogen) atoms. The summed E-state index contributed by atoms with van der Waals surface area (Å²) in [7, 11) is 0. The van der Waals surface area contributed by atoms with Crippen LogP contribution in [0.3, 0.4) is 0 Å². The number of esters is 1. The maximum Gasteiger partial charge on any atom is 0.312 e. The predicted octanol–water partition coefficient (Wildman–Crippen LogP) is 2.15. The summed E-state index contributed by atoms with van der Waals surface area (Å²) in [6.07, 6.45) is 4.64. The molecule has 2 aliphatic carbocycles. The van der Waals surface area contributed by atoms with E-state index in [2.05, 4.69) is 22.6 Å². The molecule has 0 N–H and O–H groups in total. The average Bonchev–Trinajstić information content (AvgIpc) is 2.70. The lowest BCUT2D eigenvalue weighted by molar-refractivity contribution is -0.148. The summed E-state index contributed by atoms with van der Waals surface area (Å²) in [5.74, 6) is 1.56. The minimum Gasteiger partial charge on any atom is -0.465 e. The van der Waals surface area contributed by atoms with Gasteiger partial charge in [-0.3, -0.25) is 4.79 Å². The molecule has 0 amide bonds. The molecule has 3 aliphatic rings. The molecular formula is C10H13IO2. The zero-order valence-electron chi connectivity index (χ0n) is 7.46. The first kappa shape index (κ1) is 8.50. The number of fused-ring (bicyclic) bond motifs is 3. The van der Waals surface area contributed by atoms with E-state index in [1.165, 1.54) is 12.8 Å². The Morgan fingerprint density at radius 3 is 2.77 bits per heavy atom. The molecule has 1 aliphatic heterocycles. The van der Waals surface area contributed by atoms with Crippen molar-refractivity contribution in [1.82, 2.24) is 0 Å². The van der Waals surface area contributed by atoms with Crippen LogP contribution in [0.5, 0.6) is 0 Å². The molecule has 3 rings (SSSR count). The van der Waals surface area contributed by atoms with Crippen molar-refractivity contribution in [1.29, 1.82) is 0 Å². The van der Waals surface area contributed by atoms with Gasteiger partial charge in [0.25, 0.3) is 0 Å². The number of alkyl halides is 1. The molecule has 3 fully saturated rings. The molecule has 1 spiro atoms. The minimum atomic E-state index is -0.0215. The number of hydrogen-bond acceptors (Lipinski definition) is 2. The van der Waals surface area contributed by atoms with Crippen LogP contribution in [-0.4, -0.2) is 16.5 Å². The fourth-order valence-corrected chi connectivity index (χ4v) is 4.66. The highest BCUT2D eigenvalue weighted by molar-refractivity contribution is 14.1. The maximum atomic E-state index is 11.7. The van der Waals surface area contributed by atoms with Crippen LogP contribution in [0.15, 0.2) is 0 Å². The van der Waals surface area contributed by atoms with Gasteiger partial charge in [-0.1, -0.05) is 22.6 Å². The van der Waals surface area contributed by atoms with E-state index in [4.69, 9.17) is 4.74 Å². The molecule has 2 nitrogen and oxygen atoms in total. The van der Waals surface area contributed by atoms with Crippen molar-refractivity contribution in [3.8, 4) is 0 Å². The second-order valence-electron chi connectivity index (χ2n) is 4.69. The number of halogens is 1. The van der Waals surface area contributed by atoms with Crippen molar-refractivity contribution >= 4 is 28.6 Å². The van der Waals surface area contributed by atoms with E-state index in [9.17, 15) is 4.79 Å². The van der Waals surface area contributed by atoms with Gasteiger partial charge in [0.1, 0.15) is 0 Å². The van der Waals surface area contributed by atoms with E-state index in [1.54, 1.807) is 0 Å². The number of rotatable bonds is 0. The molecule has 0 aromatic heterocycles. The van der Waals surface area contributed by atoms with Crippen LogP contribution in [0.2, 0.25) is 0 Å². The summed E-state index contributed by atoms with van der Waals surface area (Å²) >= 11 is 2.55. The Kier molecular flexibility index (Phi) is 1.71. The van der Waals surface area contributed by atoms with Gasteiger partial charge < -0.3 is 4.74 Å². The van der Waals surface area contributed by atoms with Crippen LogP contribution in [0.4, 0.5) is 0 Å². The lowest BCUT2D eigenvalue weighted by Gasteiger charge is -2.31. The Morgan fingerprint density at radius 2 is 2.31 bits per heavy atom. The van der Waals surface area contributed by atoms with Crippen molar-refractivity contribution < 1.29 is 9.53 Å². The third kappa shape index (κ3) is 0.969. The monoisotopic (exact) mass is 292 g/mol. The number of carbonyl (C=O) groups excluding carboxylic acids is 1. The Labute approximate surface area is 91.5 Å². The van der Waals surface area contributed by atoms with Gasteiger partial charge in [0.05, 0.1) is 12.0 Å². The van der Waals surface area contributed by atoms with Gasteiger partial charge in [0, 0.05) is 3.92 Å². The smallest absolute Gasteiger partial charge is 0.312 e. The molecule has 4 atom stereocenters. The Morgan fingerprint density at radius 1 is 1.46 bits per heavy atom. The number of hydrogen-bond donors (Lipinski definition) is 0. The van der Waals surface area contributed by atoms with Crippen LogP contribution in [0.1, 0.15) is 25.7 Å². The molecule has 3 heteroatoms. The average molecular weight is 292 g/mol. The molecule has 2 saturated carbocycles. The SMILES string of the molecule is O=C1OCCC12CC1CC2CC1I. The summed E-state index contributed by atoms with van der Waals surface area (Å²) in [5.41, 5.74) is -0.0215. The van der Waals surface area contributed by atoms with Crippen LogP contribution in [0, 0.1) is 17.3 Å². The summed E-state index contributed by atoms with van der Waals surface area (Å²) in [6.45, 7) is 0.675. The zero-order valence-corrected chi connectivity index (χ0v) is 9.62. The first-order chi connectivity index (χ1) is 6.22. The number of cyclic esters (lactones) is 1. The number of ether oxygens (including phenoxy) is 1. The van der Waals surface area contributed by atoms with E-state index in [0.29, 0.717) is 12.5 Å². The van der Waals surface area contributed by atoms with Crippen LogP contribution in [-0.2, 0) is 9.53 Å². The molecule has 1 saturated heterocycles. The van der Waals surface area contributed by atoms with Gasteiger partial charge in [-0.25, -0.2) is 0 Å². The normalized spacial score (nSPS) is 53.3. The van der Waals surface area contributed by atoms with E-state index in [-0.39, 0.29) is 11.4 Å².